The van der Waals surface area contributed by atoms with Crippen LogP contribution in [0, 0.1) is 0 Å². The quantitative estimate of drug-likeness (QED) is 0.798. The first-order chi connectivity index (χ1) is 7.45. The largest absolute Gasteiger partial charge is 0.309 e. The number of pyridine rings is 1. The summed E-state index contributed by atoms with van der Waals surface area (Å²) >= 11 is 0. The van der Waals surface area contributed by atoms with E-state index in [0.717, 1.165) is 13.1 Å². The van der Waals surface area contributed by atoms with Crippen molar-refractivity contribution in [1.29, 1.82) is 0 Å². The van der Waals surface area contributed by atoms with Gasteiger partial charge in [-0.2, -0.15) is 0 Å². The van der Waals surface area contributed by atoms with Crippen LogP contribution in [-0.4, -0.2) is 0 Å². The molecule has 0 saturated heterocycles. The lowest BCUT2D eigenvalue weighted by atomic mass is 10.2. The van der Waals surface area contributed by atoms with Crippen molar-refractivity contribution in [2.45, 2.75) is 13.1 Å². The van der Waals surface area contributed by atoms with Crippen LogP contribution >= 0.6 is 0 Å². The number of H-pyrrole nitrogens is 1. The van der Waals surface area contributed by atoms with E-state index in [1.54, 1.807) is 0 Å². The second-order valence-electron chi connectivity index (χ2n) is 3.50. The highest BCUT2D eigenvalue weighted by Gasteiger charge is 1.93. The maximum Gasteiger partial charge on any atom is 0.167 e. The minimum atomic E-state index is 0.906. The molecule has 1 heterocycles. The molecule has 0 atom stereocenters. The van der Waals surface area contributed by atoms with E-state index in [4.69, 9.17) is 0 Å². The van der Waals surface area contributed by atoms with Gasteiger partial charge in [0, 0.05) is 25.2 Å². The number of benzene rings is 1. The molecule has 15 heavy (non-hydrogen) atoms. The Hall–Kier alpha value is -1.67. The van der Waals surface area contributed by atoms with Gasteiger partial charge < -0.3 is 5.32 Å². The van der Waals surface area contributed by atoms with E-state index >= 15 is 0 Å². The fraction of sp³-hybridized carbons (Fsp3) is 0.154. The summed E-state index contributed by atoms with van der Waals surface area (Å²) in [7, 11) is 0. The van der Waals surface area contributed by atoms with Crippen LogP contribution in [0.1, 0.15) is 11.1 Å². The van der Waals surface area contributed by atoms with Crippen molar-refractivity contribution >= 4 is 0 Å². The van der Waals surface area contributed by atoms with Crippen molar-refractivity contribution in [1.82, 2.24) is 5.32 Å². The van der Waals surface area contributed by atoms with E-state index in [2.05, 4.69) is 46.7 Å². The molecule has 76 valence electrons. The van der Waals surface area contributed by atoms with Crippen LogP contribution in [0.15, 0.2) is 54.9 Å². The Kier molecular flexibility index (Phi) is 3.47. The Morgan fingerprint density at radius 1 is 0.800 bits per heavy atom. The van der Waals surface area contributed by atoms with Crippen LogP contribution in [0.3, 0.4) is 0 Å². The summed E-state index contributed by atoms with van der Waals surface area (Å²) in [6.07, 6.45) is 3.89. The fourth-order valence-electron chi connectivity index (χ4n) is 1.49. The van der Waals surface area contributed by atoms with Gasteiger partial charge >= 0.3 is 0 Å². The smallest absolute Gasteiger partial charge is 0.167 e. The lowest BCUT2D eigenvalue weighted by Crippen LogP contribution is -2.13. The summed E-state index contributed by atoms with van der Waals surface area (Å²) in [6, 6.07) is 14.6. The van der Waals surface area contributed by atoms with Gasteiger partial charge in [-0.15, -0.1) is 0 Å². The first kappa shape index (κ1) is 9.87. The highest BCUT2D eigenvalue weighted by atomic mass is 14.8. The van der Waals surface area contributed by atoms with E-state index < -0.39 is 0 Å². The summed E-state index contributed by atoms with van der Waals surface area (Å²) in [6.45, 7) is 1.82. The van der Waals surface area contributed by atoms with Crippen LogP contribution in [0.4, 0.5) is 0 Å². The SMILES string of the molecule is c1ccc(CNCc2cc[nH+]cc2)cc1. The molecule has 2 nitrogen and oxygen atoms in total. The van der Waals surface area contributed by atoms with Crippen molar-refractivity contribution in [3.63, 3.8) is 0 Å². The topological polar surface area (TPSA) is 26.2 Å². The van der Waals surface area contributed by atoms with E-state index in [0.29, 0.717) is 0 Å². The van der Waals surface area contributed by atoms with Crippen molar-refractivity contribution in [3.05, 3.63) is 66.0 Å². The van der Waals surface area contributed by atoms with Gasteiger partial charge in [-0.25, -0.2) is 4.98 Å². The molecule has 2 N–H and O–H groups in total. The molecule has 0 radical (unpaired) electrons. The molecule has 0 bridgehead atoms. The zero-order chi connectivity index (χ0) is 10.3. The third-order valence-electron chi connectivity index (χ3n) is 2.29. The number of aromatic nitrogens is 1. The van der Waals surface area contributed by atoms with E-state index in [1.807, 2.05) is 18.5 Å². The molecule has 1 aromatic heterocycles. The third-order valence-corrected chi connectivity index (χ3v) is 2.29. The molecule has 0 aliphatic carbocycles. The fourth-order valence-corrected chi connectivity index (χ4v) is 1.49. The molecule has 0 saturated carbocycles. The number of aromatic amines is 1. The highest BCUT2D eigenvalue weighted by molar-refractivity contribution is 5.14. The summed E-state index contributed by atoms with van der Waals surface area (Å²) in [5.74, 6) is 0. The second kappa shape index (κ2) is 5.27. The molecule has 0 unspecified atom stereocenters. The average molecular weight is 199 g/mol. The highest BCUT2D eigenvalue weighted by Crippen LogP contribution is 1.99. The van der Waals surface area contributed by atoms with Crippen molar-refractivity contribution in [2.24, 2.45) is 0 Å². The molecule has 1 aromatic carbocycles. The molecule has 0 fully saturated rings. The number of nitrogens with one attached hydrogen (secondary N) is 2. The lowest BCUT2D eigenvalue weighted by molar-refractivity contribution is -0.378. The third kappa shape index (κ3) is 3.18. The molecule has 2 aromatic rings. The minimum Gasteiger partial charge on any atom is -0.309 e. The van der Waals surface area contributed by atoms with E-state index in [1.165, 1.54) is 11.1 Å². The van der Waals surface area contributed by atoms with Crippen molar-refractivity contribution in [2.75, 3.05) is 0 Å². The monoisotopic (exact) mass is 199 g/mol. The van der Waals surface area contributed by atoms with E-state index in [-0.39, 0.29) is 0 Å². The van der Waals surface area contributed by atoms with Gasteiger partial charge in [0.05, 0.1) is 0 Å². The normalized spacial score (nSPS) is 10.1. The molecule has 2 rings (SSSR count). The first-order valence-corrected chi connectivity index (χ1v) is 5.15. The number of hydrogen-bond acceptors (Lipinski definition) is 1. The Bertz CT molecular complexity index is 344. The van der Waals surface area contributed by atoms with Crippen LogP contribution in [-0.2, 0) is 13.1 Å². The number of hydrogen-bond donors (Lipinski definition) is 1. The van der Waals surface area contributed by atoms with Crippen LogP contribution < -0.4 is 10.3 Å². The summed E-state index contributed by atoms with van der Waals surface area (Å²) in [5.41, 5.74) is 2.62. The molecule has 0 aliphatic heterocycles. The van der Waals surface area contributed by atoms with Gasteiger partial charge in [0.2, 0.25) is 0 Å². The van der Waals surface area contributed by atoms with Gasteiger partial charge in [0.25, 0.3) is 0 Å². The maximum atomic E-state index is 3.40. The molecule has 0 aliphatic rings. The first-order valence-electron chi connectivity index (χ1n) is 5.15. The maximum absolute atomic E-state index is 3.40. The standard InChI is InChI=1S/C13H14N2/c1-2-4-12(5-3-1)10-15-11-13-6-8-14-9-7-13/h1-9,15H,10-11H2/p+1. The molecular formula is C13H15N2+. The van der Waals surface area contributed by atoms with Gasteiger partial charge in [-0.05, 0) is 11.1 Å². The van der Waals surface area contributed by atoms with Crippen LogP contribution in [0.2, 0.25) is 0 Å². The molecule has 0 amide bonds. The lowest BCUT2D eigenvalue weighted by Gasteiger charge is -2.03. The molecule has 2 heteroatoms. The summed E-state index contributed by atoms with van der Waals surface area (Å²) in [4.78, 5) is 3.01. The minimum absolute atomic E-state index is 0.906. The van der Waals surface area contributed by atoms with Crippen molar-refractivity contribution in [3.8, 4) is 0 Å². The molecular weight excluding hydrogens is 184 g/mol. The summed E-state index contributed by atoms with van der Waals surface area (Å²) in [5, 5.41) is 3.40. The predicted molar refractivity (Wildman–Crippen MR) is 60.0 cm³/mol. The van der Waals surface area contributed by atoms with Crippen molar-refractivity contribution < 1.29 is 4.98 Å². The number of rotatable bonds is 4. The Morgan fingerprint density at radius 3 is 2.07 bits per heavy atom. The van der Waals surface area contributed by atoms with Crippen LogP contribution in [0.5, 0.6) is 0 Å². The van der Waals surface area contributed by atoms with E-state index in [9.17, 15) is 0 Å². The van der Waals surface area contributed by atoms with Gasteiger partial charge in [0.1, 0.15) is 0 Å². The molecule has 0 spiro atoms. The Balaban J connectivity index is 1.81. The summed E-state index contributed by atoms with van der Waals surface area (Å²) < 4.78 is 0. The van der Waals surface area contributed by atoms with Gasteiger partial charge in [-0.1, -0.05) is 30.3 Å². The van der Waals surface area contributed by atoms with Gasteiger partial charge in [0.15, 0.2) is 12.4 Å². The zero-order valence-corrected chi connectivity index (χ0v) is 8.61. The second-order valence-corrected chi connectivity index (χ2v) is 3.50. The van der Waals surface area contributed by atoms with Crippen LogP contribution in [0.25, 0.3) is 0 Å². The van der Waals surface area contributed by atoms with Gasteiger partial charge in [-0.3, -0.25) is 0 Å². The Labute approximate surface area is 90.0 Å². The predicted octanol–water partition coefficient (Wildman–Crippen LogP) is 1.79. The average Bonchev–Trinajstić information content (AvgIpc) is 2.32. The Morgan fingerprint density at radius 2 is 1.40 bits per heavy atom. The zero-order valence-electron chi connectivity index (χ0n) is 8.61.